The minimum Gasteiger partial charge on any atom is -0.454 e. The monoisotopic (exact) mass is 289 g/mol. The minimum atomic E-state index is -0.512. The predicted octanol–water partition coefficient (Wildman–Crippen LogP) is 2.45. The normalized spacial score (nSPS) is 12.4. The van der Waals surface area contributed by atoms with Gasteiger partial charge in [-0.15, -0.1) is 11.3 Å². The average Bonchev–Trinajstić information content (AvgIpc) is 3.05. The quantitative estimate of drug-likeness (QED) is 0.880. The molecule has 20 heavy (non-hydrogen) atoms. The maximum Gasteiger partial charge on any atom is 0.259 e. The Balaban J connectivity index is 2.24. The third-order valence-corrected chi connectivity index (χ3v) is 4.00. The van der Waals surface area contributed by atoms with Crippen molar-refractivity contribution >= 4 is 23.0 Å². The largest absolute Gasteiger partial charge is 0.454 e. The number of primary amides is 1. The van der Waals surface area contributed by atoms with E-state index in [2.05, 4.69) is 0 Å². The van der Waals surface area contributed by atoms with Crippen molar-refractivity contribution in [2.45, 2.75) is 6.92 Å². The lowest BCUT2D eigenvalue weighted by atomic mass is 9.97. The van der Waals surface area contributed by atoms with Crippen LogP contribution in [0.25, 0.3) is 11.1 Å². The Bertz CT molecular complexity index is 720. The molecule has 0 bridgehead atoms. The smallest absolute Gasteiger partial charge is 0.259 e. The van der Waals surface area contributed by atoms with E-state index in [4.69, 9.17) is 15.2 Å². The van der Waals surface area contributed by atoms with Gasteiger partial charge in [-0.1, -0.05) is 0 Å². The summed E-state index contributed by atoms with van der Waals surface area (Å²) >= 11 is 1.25. The van der Waals surface area contributed by atoms with E-state index in [1.54, 1.807) is 23.6 Å². The summed E-state index contributed by atoms with van der Waals surface area (Å²) in [5, 5.41) is 1.77. The molecule has 2 N–H and O–H groups in total. The fraction of sp³-hybridized carbons (Fsp3) is 0.143. The molecule has 102 valence electrons. The Morgan fingerprint density at radius 1 is 1.20 bits per heavy atom. The molecular weight excluding hydrogens is 278 g/mol. The van der Waals surface area contributed by atoms with Gasteiger partial charge in [-0.2, -0.15) is 0 Å². The van der Waals surface area contributed by atoms with Crippen molar-refractivity contribution in [2.75, 3.05) is 6.79 Å². The zero-order chi connectivity index (χ0) is 14.3. The van der Waals surface area contributed by atoms with Gasteiger partial charge in [0.1, 0.15) is 0 Å². The van der Waals surface area contributed by atoms with Crippen LogP contribution in [-0.4, -0.2) is 18.5 Å². The number of amides is 1. The number of rotatable bonds is 3. The van der Waals surface area contributed by atoms with Crippen LogP contribution in [0.4, 0.5) is 0 Å². The lowest BCUT2D eigenvalue weighted by Gasteiger charge is -2.09. The number of nitrogens with two attached hydrogens (primary N) is 1. The van der Waals surface area contributed by atoms with E-state index in [0.717, 1.165) is 0 Å². The number of ether oxygens (including phenoxy) is 2. The van der Waals surface area contributed by atoms with Gasteiger partial charge in [0, 0.05) is 11.1 Å². The molecule has 1 aromatic heterocycles. The molecule has 3 rings (SSSR count). The van der Waals surface area contributed by atoms with Gasteiger partial charge in [-0.3, -0.25) is 9.59 Å². The number of carbonyl (C=O) groups excluding carboxylic acids is 2. The highest BCUT2D eigenvalue weighted by molar-refractivity contribution is 7.12. The van der Waals surface area contributed by atoms with E-state index in [1.165, 1.54) is 18.3 Å². The van der Waals surface area contributed by atoms with E-state index in [0.29, 0.717) is 33.1 Å². The highest BCUT2D eigenvalue weighted by Gasteiger charge is 2.22. The predicted molar refractivity (Wildman–Crippen MR) is 74.4 cm³/mol. The first kappa shape index (κ1) is 12.7. The zero-order valence-electron chi connectivity index (χ0n) is 10.6. The summed E-state index contributed by atoms with van der Waals surface area (Å²) in [7, 11) is 0. The van der Waals surface area contributed by atoms with Crippen molar-refractivity contribution < 1.29 is 19.1 Å². The maximum absolute atomic E-state index is 11.8. The van der Waals surface area contributed by atoms with Crippen molar-refractivity contribution in [3.8, 4) is 22.6 Å². The molecule has 0 saturated heterocycles. The van der Waals surface area contributed by atoms with Gasteiger partial charge < -0.3 is 15.2 Å². The lowest BCUT2D eigenvalue weighted by Crippen LogP contribution is -2.10. The van der Waals surface area contributed by atoms with E-state index >= 15 is 0 Å². The van der Waals surface area contributed by atoms with Crippen molar-refractivity contribution in [2.24, 2.45) is 5.73 Å². The van der Waals surface area contributed by atoms with Crippen LogP contribution >= 0.6 is 11.3 Å². The second kappa shape index (κ2) is 4.64. The Morgan fingerprint density at radius 2 is 1.90 bits per heavy atom. The van der Waals surface area contributed by atoms with Gasteiger partial charge in [-0.05, 0) is 36.1 Å². The standard InChI is InChI=1S/C14H11NO4S/c1-7(16)9-4-11-12(19-6-18-11)5-10(9)8-2-3-20-13(8)14(15)17/h2-5H,6H2,1H3,(H2,15,17). The van der Waals surface area contributed by atoms with Crippen molar-refractivity contribution in [1.29, 1.82) is 0 Å². The molecule has 0 radical (unpaired) electrons. The van der Waals surface area contributed by atoms with Crippen LogP contribution < -0.4 is 15.2 Å². The van der Waals surface area contributed by atoms with E-state index < -0.39 is 5.91 Å². The SMILES string of the molecule is CC(=O)c1cc2c(cc1-c1ccsc1C(N)=O)OCO2. The summed E-state index contributed by atoms with van der Waals surface area (Å²) < 4.78 is 10.6. The Hall–Kier alpha value is -2.34. The number of fused-ring (bicyclic) bond motifs is 1. The zero-order valence-corrected chi connectivity index (χ0v) is 11.5. The molecule has 5 nitrogen and oxygen atoms in total. The van der Waals surface area contributed by atoms with E-state index in [1.807, 2.05) is 0 Å². The third kappa shape index (κ3) is 1.94. The Labute approximate surface area is 118 Å². The number of hydrogen-bond donors (Lipinski definition) is 1. The molecule has 0 fully saturated rings. The highest BCUT2D eigenvalue weighted by Crippen LogP contribution is 2.40. The summed E-state index contributed by atoms with van der Waals surface area (Å²) in [5.41, 5.74) is 7.13. The Morgan fingerprint density at radius 3 is 2.55 bits per heavy atom. The molecule has 0 saturated carbocycles. The molecule has 0 unspecified atom stereocenters. The fourth-order valence-corrected chi connectivity index (χ4v) is 2.93. The average molecular weight is 289 g/mol. The first-order chi connectivity index (χ1) is 9.58. The van der Waals surface area contributed by atoms with Crippen LogP contribution in [0.5, 0.6) is 11.5 Å². The van der Waals surface area contributed by atoms with Crippen LogP contribution in [0.3, 0.4) is 0 Å². The summed E-state index contributed by atoms with van der Waals surface area (Å²) in [5.74, 6) is 0.475. The molecule has 2 aromatic rings. The van der Waals surface area contributed by atoms with Crippen LogP contribution in [0.15, 0.2) is 23.6 Å². The molecule has 2 heterocycles. The van der Waals surface area contributed by atoms with Gasteiger partial charge in [0.2, 0.25) is 6.79 Å². The molecule has 1 aliphatic heterocycles. The molecule has 1 amide bonds. The van der Waals surface area contributed by atoms with Crippen molar-refractivity contribution in [3.63, 3.8) is 0 Å². The second-order valence-corrected chi connectivity index (χ2v) is 5.25. The van der Waals surface area contributed by atoms with Crippen molar-refractivity contribution in [1.82, 2.24) is 0 Å². The maximum atomic E-state index is 11.8. The number of ketones is 1. The summed E-state index contributed by atoms with van der Waals surface area (Å²) in [6, 6.07) is 5.13. The molecule has 6 heteroatoms. The topological polar surface area (TPSA) is 78.6 Å². The third-order valence-electron chi connectivity index (χ3n) is 3.07. The molecule has 0 atom stereocenters. The summed E-state index contributed by atoms with van der Waals surface area (Å²) in [6.07, 6.45) is 0. The molecular formula is C14H11NO4S. The van der Waals surface area contributed by atoms with Crippen LogP contribution in [0.2, 0.25) is 0 Å². The highest BCUT2D eigenvalue weighted by atomic mass is 32.1. The van der Waals surface area contributed by atoms with Crippen molar-refractivity contribution in [3.05, 3.63) is 34.0 Å². The number of hydrogen-bond acceptors (Lipinski definition) is 5. The first-order valence-corrected chi connectivity index (χ1v) is 6.78. The summed E-state index contributed by atoms with van der Waals surface area (Å²) in [4.78, 5) is 23.7. The van der Waals surface area contributed by atoms with Crippen LogP contribution in [0, 0.1) is 0 Å². The van der Waals surface area contributed by atoms with Crippen LogP contribution in [0.1, 0.15) is 27.0 Å². The molecule has 0 spiro atoms. The van der Waals surface area contributed by atoms with Gasteiger partial charge in [0.15, 0.2) is 17.3 Å². The molecule has 1 aromatic carbocycles. The number of carbonyl (C=O) groups is 2. The lowest BCUT2D eigenvalue weighted by molar-refractivity contribution is 0.0998. The first-order valence-electron chi connectivity index (χ1n) is 5.90. The number of benzene rings is 1. The Kier molecular flexibility index (Phi) is 2.94. The van der Waals surface area contributed by atoms with Gasteiger partial charge in [-0.25, -0.2) is 0 Å². The van der Waals surface area contributed by atoms with Gasteiger partial charge in [0.25, 0.3) is 5.91 Å². The van der Waals surface area contributed by atoms with Gasteiger partial charge in [0.05, 0.1) is 4.88 Å². The van der Waals surface area contributed by atoms with E-state index in [9.17, 15) is 9.59 Å². The molecule has 0 aliphatic carbocycles. The second-order valence-electron chi connectivity index (χ2n) is 4.33. The van der Waals surface area contributed by atoms with E-state index in [-0.39, 0.29) is 12.6 Å². The number of thiophene rings is 1. The fourth-order valence-electron chi connectivity index (χ4n) is 2.17. The van der Waals surface area contributed by atoms with Crippen LogP contribution in [-0.2, 0) is 0 Å². The minimum absolute atomic E-state index is 0.111. The summed E-state index contributed by atoms with van der Waals surface area (Å²) in [6.45, 7) is 1.60. The van der Waals surface area contributed by atoms with Gasteiger partial charge >= 0.3 is 0 Å². The number of Topliss-reactive ketones (excluding diaryl/α,β-unsaturated/α-hetero) is 1. The molecule has 1 aliphatic rings.